The zero-order chi connectivity index (χ0) is 18.0. The maximum atomic E-state index is 12.7. The Hall–Kier alpha value is -2.86. The fourth-order valence-electron chi connectivity index (χ4n) is 2.55. The summed E-state index contributed by atoms with van der Waals surface area (Å²) >= 11 is 6.04. The largest absolute Gasteiger partial charge is 0.465 e. The van der Waals surface area contributed by atoms with E-state index >= 15 is 0 Å². The summed E-state index contributed by atoms with van der Waals surface area (Å²) in [4.78, 5) is 28.7. The fraction of sp³-hybridized carbons (Fsp3) is 0.167. The van der Waals surface area contributed by atoms with E-state index in [4.69, 9.17) is 11.6 Å². The van der Waals surface area contributed by atoms with E-state index in [-0.39, 0.29) is 5.91 Å². The number of anilines is 1. The first-order chi connectivity index (χ1) is 12.0. The first-order valence-corrected chi connectivity index (χ1v) is 8.07. The highest BCUT2D eigenvalue weighted by Crippen LogP contribution is 2.19. The molecule has 25 heavy (non-hydrogen) atoms. The van der Waals surface area contributed by atoms with Crippen LogP contribution in [0.2, 0.25) is 5.02 Å². The summed E-state index contributed by atoms with van der Waals surface area (Å²) in [7, 11) is 1.32. The molecule has 1 N–H and O–H groups in total. The van der Waals surface area contributed by atoms with Crippen LogP contribution in [-0.4, -0.2) is 28.4 Å². The summed E-state index contributed by atoms with van der Waals surface area (Å²) in [5.41, 5.74) is 2.77. The molecule has 0 spiro atoms. The van der Waals surface area contributed by atoms with Gasteiger partial charge in [-0.05, 0) is 42.8 Å². The highest BCUT2D eigenvalue weighted by Gasteiger charge is 2.18. The minimum atomic E-state index is -0.428. The number of nitrogens with zero attached hydrogens (tertiary/aromatic N) is 2. The zero-order valence-electron chi connectivity index (χ0n) is 13.7. The molecule has 0 aliphatic carbocycles. The minimum absolute atomic E-state index is 0.294. The Morgan fingerprint density at radius 1 is 1.20 bits per heavy atom. The number of imidazole rings is 1. The number of fused-ring (bicyclic) bond motifs is 1. The van der Waals surface area contributed by atoms with Crippen molar-refractivity contribution in [1.29, 1.82) is 0 Å². The van der Waals surface area contributed by atoms with Crippen LogP contribution in [0.15, 0.2) is 42.6 Å². The lowest BCUT2D eigenvalue weighted by Gasteiger charge is -2.07. The number of carbonyl (C=O) groups excluding carboxylic acids is 2. The van der Waals surface area contributed by atoms with E-state index in [2.05, 4.69) is 15.0 Å². The van der Waals surface area contributed by atoms with Gasteiger partial charge in [0.25, 0.3) is 5.91 Å². The van der Waals surface area contributed by atoms with Crippen LogP contribution in [0, 0.1) is 0 Å². The number of aromatic nitrogens is 2. The van der Waals surface area contributed by atoms with Crippen molar-refractivity contribution in [3.63, 3.8) is 0 Å². The van der Waals surface area contributed by atoms with E-state index in [0.717, 1.165) is 0 Å². The molecule has 1 aromatic carbocycles. The van der Waals surface area contributed by atoms with Crippen molar-refractivity contribution in [1.82, 2.24) is 9.38 Å². The summed E-state index contributed by atoms with van der Waals surface area (Å²) in [6.45, 7) is 1.94. The van der Waals surface area contributed by atoms with Crippen molar-refractivity contribution in [2.24, 2.45) is 0 Å². The van der Waals surface area contributed by atoms with Gasteiger partial charge in [-0.3, -0.25) is 9.20 Å². The Labute approximate surface area is 149 Å². The Kier molecular flexibility index (Phi) is 4.72. The van der Waals surface area contributed by atoms with Crippen molar-refractivity contribution in [2.45, 2.75) is 13.3 Å². The number of carbonyl (C=O) groups is 2. The number of aryl methyl sites for hydroxylation is 1. The van der Waals surface area contributed by atoms with Gasteiger partial charge in [0, 0.05) is 11.9 Å². The first kappa shape index (κ1) is 17.0. The molecule has 0 fully saturated rings. The number of rotatable bonds is 4. The molecule has 6 nitrogen and oxygen atoms in total. The van der Waals surface area contributed by atoms with E-state index in [1.807, 2.05) is 6.92 Å². The van der Waals surface area contributed by atoms with E-state index in [0.29, 0.717) is 39.7 Å². The predicted octanol–water partition coefficient (Wildman–Crippen LogP) is 3.59. The maximum Gasteiger partial charge on any atom is 0.337 e. The normalized spacial score (nSPS) is 10.7. The van der Waals surface area contributed by atoms with E-state index in [1.54, 1.807) is 47.0 Å². The van der Waals surface area contributed by atoms with Crippen molar-refractivity contribution < 1.29 is 14.3 Å². The molecule has 0 saturated heterocycles. The average Bonchev–Trinajstić information content (AvgIpc) is 2.99. The molecule has 2 aromatic heterocycles. The molecule has 2 heterocycles. The highest BCUT2D eigenvalue weighted by molar-refractivity contribution is 6.30. The Morgan fingerprint density at radius 3 is 2.56 bits per heavy atom. The molecule has 0 saturated carbocycles. The molecule has 128 valence electrons. The van der Waals surface area contributed by atoms with E-state index < -0.39 is 5.97 Å². The van der Waals surface area contributed by atoms with E-state index in [9.17, 15) is 9.59 Å². The highest BCUT2D eigenvalue weighted by atomic mass is 35.5. The number of ether oxygens (including phenoxy) is 1. The van der Waals surface area contributed by atoms with Gasteiger partial charge in [0.05, 0.1) is 23.4 Å². The lowest BCUT2D eigenvalue weighted by Crippen LogP contribution is -2.16. The summed E-state index contributed by atoms with van der Waals surface area (Å²) in [6.07, 6.45) is 2.28. The molecule has 3 rings (SSSR count). The minimum Gasteiger partial charge on any atom is -0.465 e. The first-order valence-electron chi connectivity index (χ1n) is 7.69. The number of pyridine rings is 1. The molecule has 0 atom stereocenters. The third-order valence-corrected chi connectivity index (χ3v) is 3.99. The SMILES string of the molecule is CCc1nc2ccc(Cl)cn2c1C(=O)Nc1ccc(C(=O)OC)cc1. The predicted molar refractivity (Wildman–Crippen MR) is 95.3 cm³/mol. The average molecular weight is 358 g/mol. The second-order valence-corrected chi connectivity index (χ2v) is 5.80. The number of halogens is 1. The fourth-order valence-corrected chi connectivity index (χ4v) is 2.71. The third-order valence-electron chi connectivity index (χ3n) is 3.77. The second-order valence-electron chi connectivity index (χ2n) is 5.36. The van der Waals surface area contributed by atoms with Crippen LogP contribution in [0.5, 0.6) is 0 Å². The number of hydrogen-bond acceptors (Lipinski definition) is 4. The molecule has 0 aliphatic heterocycles. The topological polar surface area (TPSA) is 72.7 Å². The molecule has 0 unspecified atom stereocenters. The molecule has 3 aromatic rings. The van der Waals surface area contributed by atoms with Gasteiger partial charge in [0.15, 0.2) is 0 Å². The third kappa shape index (κ3) is 3.34. The molecular formula is C18H16ClN3O3. The number of esters is 1. The van der Waals surface area contributed by atoms with Crippen LogP contribution in [0.3, 0.4) is 0 Å². The summed E-state index contributed by atoms with van der Waals surface area (Å²) in [5.74, 6) is -0.722. The van der Waals surface area contributed by atoms with Crippen LogP contribution < -0.4 is 5.32 Å². The smallest absolute Gasteiger partial charge is 0.337 e. The van der Waals surface area contributed by atoms with Crippen LogP contribution in [0.25, 0.3) is 5.65 Å². The van der Waals surface area contributed by atoms with Crippen molar-refractivity contribution in [2.75, 3.05) is 12.4 Å². The van der Waals surface area contributed by atoms with Gasteiger partial charge in [-0.25, -0.2) is 9.78 Å². The number of hydrogen-bond donors (Lipinski definition) is 1. The molecule has 1 amide bonds. The maximum absolute atomic E-state index is 12.7. The van der Waals surface area contributed by atoms with Gasteiger partial charge in [-0.1, -0.05) is 18.5 Å². The number of amides is 1. The van der Waals surface area contributed by atoms with Crippen LogP contribution in [0.1, 0.15) is 33.5 Å². The molecule has 7 heteroatoms. The molecule has 0 radical (unpaired) electrons. The van der Waals surface area contributed by atoms with Crippen LogP contribution in [-0.2, 0) is 11.2 Å². The standard InChI is InChI=1S/C18H16ClN3O3/c1-3-14-16(22-10-12(19)6-9-15(22)21-14)17(23)20-13-7-4-11(5-8-13)18(24)25-2/h4-10H,3H2,1-2H3,(H,20,23). The second kappa shape index (κ2) is 6.94. The quantitative estimate of drug-likeness (QED) is 0.724. The molecule has 0 bridgehead atoms. The van der Waals surface area contributed by atoms with Gasteiger partial charge >= 0.3 is 5.97 Å². The summed E-state index contributed by atoms with van der Waals surface area (Å²) < 4.78 is 6.34. The zero-order valence-corrected chi connectivity index (χ0v) is 14.5. The van der Waals surface area contributed by atoms with Gasteiger partial charge < -0.3 is 10.1 Å². The lowest BCUT2D eigenvalue weighted by atomic mass is 10.2. The Bertz CT molecular complexity index is 948. The van der Waals surface area contributed by atoms with Crippen molar-refractivity contribution in [3.05, 3.63) is 64.6 Å². The Balaban J connectivity index is 1.92. The van der Waals surface area contributed by atoms with Crippen LogP contribution in [0.4, 0.5) is 5.69 Å². The van der Waals surface area contributed by atoms with Crippen LogP contribution >= 0.6 is 11.6 Å². The number of methoxy groups -OCH3 is 1. The monoisotopic (exact) mass is 357 g/mol. The van der Waals surface area contributed by atoms with Gasteiger partial charge in [-0.2, -0.15) is 0 Å². The van der Waals surface area contributed by atoms with Crippen molar-refractivity contribution >= 4 is 34.8 Å². The van der Waals surface area contributed by atoms with Gasteiger partial charge in [0.1, 0.15) is 11.3 Å². The summed E-state index contributed by atoms with van der Waals surface area (Å²) in [6, 6.07) is 9.97. The van der Waals surface area contributed by atoms with Crippen molar-refractivity contribution in [3.8, 4) is 0 Å². The molecular weight excluding hydrogens is 342 g/mol. The Morgan fingerprint density at radius 2 is 1.92 bits per heavy atom. The lowest BCUT2D eigenvalue weighted by molar-refractivity contribution is 0.0600. The van der Waals surface area contributed by atoms with Gasteiger partial charge in [0.2, 0.25) is 0 Å². The summed E-state index contributed by atoms with van der Waals surface area (Å²) in [5, 5.41) is 3.34. The van der Waals surface area contributed by atoms with E-state index in [1.165, 1.54) is 7.11 Å². The van der Waals surface area contributed by atoms with Gasteiger partial charge in [-0.15, -0.1) is 0 Å². The number of benzene rings is 1. The molecule has 0 aliphatic rings. The number of nitrogens with one attached hydrogen (secondary N) is 1.